The lowest BCUT2D eigenvalue weighted by Gasteiger charge is -2.16. The van der Waals surface area contributed by atoms with Crippen LogP contribution in [-0.2, 0) is 0 Å². The number of aromatic nitrogens is 2. The fourth-order valence-corrected chi connectivity index (χ4v) is 2.09. The van der Waals surface area contributed by atoms with Crippen molar-refractivity contribution >= 4 is 5.82 Å². The lowest BCUT2D eigenvalue weighted by Crippen LogP contribution is -2.08. The third-order valence-electron chi connectivity index (χ3n) is 2.93. The molecule has 0 fully saturated rings. The van der Waals surface area contributed by atoms with Crippen molar-refractivity contribution < 1.29 is 4.74 Å². The van der Waals surface area contributed by atoms with Gasteiger partial charge in [-0.25, -0.2) is 9.97 Å². The molecule has 0 aliphatic rings. The normalized spacial score (nSPS) is 10.7. The summed E-state index contributed by atoms with van der Waals surface area (Å²) in [5, 5.41) is 3.25. The maximum atomic E-state index is 5.87. The summed E-state index contributed by atoms with van der Waals surface area (Å²) in [5.74, 6) is 1.73. The van der Waals surface area contributed by atoms with Crippen LogP contribution in [0.1, 0.15) is 26.3 Å². The predicted octanol–water partition coefficient (Wildman–Crippen LogP) is 3.67. The van der Waals surface area contributed by atoms with Gasteiger partial charge in [-0.3, -0.25) is 0 Å². The molecule has 0 aliphatic heterocycles. The molecule has 0 aliphatic carbocycles. The molecule has 0 spiro atoms. The second kappa shape index (κ2) is 6.37. The van der Waals surface area contributed by atoms with Crippen molar-refractivity contribution in [3.05, 3.63) is 36.2 Å². The summed E-state index contributed by atoms with van der Waals surface area (Å²) in [4.78, 5) is 8.71. The molecule has 1 heterocycles. The number of ether oxygens (including phenoxy) is 1. The molecule has 0 radical (unpaired) electrons. The van der Waals surface area contributed by atoms with Crippen LogP contribution in [0, 0.1) is 6.92 Å². The van der Waals surface area contributed by atoms with E-state index in [0.29, 0.717) is 0 Å². The Kier molecular flexibility index (Phi) is 4.56. The maximum Gasteiger partial charge on any atom is 0.132 e. The van der Waals surface area contributed by atoms with Gasteiger partial charge in [-0.1, -0.05) is 12.1 Å². The Hall–Kier alpha value is -2.10. The Morgan fingerprint density at radius 2 is 1.95 bits per heavy atom. The van der Waals surface area contributed by atoms with Gasteiger partial charge in [-0.15, -0.1) is 0 Å². The second-order valence-electron chi connectivity index (χ2n) is 4.89. The minimum atomic E-state index is 0.131. The van der Waals surface area contributed by atoms with Gasteiger partial charge >= 0.3 is 0 Å². The molecule has 0 unspecified atom stereocenters. The van der Waals surface area contributed by atoms with Gasteiger partial charge in [-0.05, 0) is 39.8 Å². The fourth-order valence-electron chi connectivity index (χ4n) is 2.09. The Morgan fingerprint density at radius 3 is 2.65 bits per heavy atom. The largest absolute Gasteiger partial charge is 0.490 e. The second-order valence-corrected chi connectivity index (χ2v) is 4.89. The van der Waals surface area contributed by atoms with E-state index in [9.17, 15) is 0 Å². The molecule has 0 saturated heterocycles. The van der Waals surface area contributed by atoms with Gasteiger partial charge in [0.1, 0.15) is 17.9 Å². The lowest BCUT2D eigenvalue weighted by molar-refractivity contribution is 0.243. The smallest absolute Gasteiger partial charge is 0.132 e. The van der Waals surface area contributed by atoms with Crippen LogP contribution in [0.2, 0.25) is 0 Å². The summed E-state index contributed by atoms with van der Waals surface area (Å²) in [6, 6.07) is 7.98. The number of nitrogens with one attached hydrogen (secondary N) is 1. The molecule has 2 rings (SSSR count). The minimum Gasteiger partial charge on any atom is -0.490 e. The van der Waals surface area contributed by atoms with E-state index in [-0.39, 0.29) is 6.10 Å². The average molecular weight is 271 g/mol. The molecule has 4 nitrogen and oxygen atoms in total. The van der Waals surface area contributed by atoms with Crippen LogP contribution in [-0.4, -0.2) is 22.6 Å². The molecule has 0 atom stereocenters. The minimum absolute atomic E-state index is 0.131. The number of benzene rings is 1. The SMILES string of the molecule is CCNc1ncnc(-c2ccccc2OC(C)C)c1C. The standard InChI is InChI=1S/C16H21N3O/c1-5-17-16-12(4)15(18-10-19-16)13-8-6-7-9-14(13)20-11(2)3/h6-11H,5H2,1-4H3,(H,17,18,19). The monoisotopic (exact) mass is 271 g/mol. The van der Waals surface area contributed by atoms with Crippen LogP contribution in [0.15, 0.2) is 30.6 Å². The van der Waals surface area contributed by atoms with Crippen molar-refractivity contribution in [2.45, 2.75) is 33.8 Å². The van der Waals surface area contributed by atoms with Crippen LogP contribution in [0.4, 0.5) is 5.82 Å². The van der Waals surface area contributed by atoms with E-state index in [1.165, 1.54) is 0 Å². The van der Waals surface area contributed by atoms with Gasteiger partial charge < -0.3 is 10.1 Å². The van der Waals surface area contributed by atoms with Crippen LogP contribution in [0.5, 0.6) is 5.75 Å². The number of rotatable bonds is 5. The van der Waals surface area contributed by atoms with E-state index in [2.05, 4.69) is 22.2 Å². The summed E-state index contributed by atoms with van der Waals surface area (Å²) < 4.78 is 5.87. The summed E-state index contributed by atoms with van der Waals surface area (Å²) in [6.07, 6.45) is 1.72. The zero-order valence-corrected chi connectivity index (χ0v) is 12.5. The molecule has 20 heavy (non-hydrogen) atoms. The van der Waals surface area contributed by atoms with E-state index < -0.39 is 0 Å². The van der Waals surface area contributed by atoms with Crippen molar-refractivity contribution in [3.63, 3.8) is 0 Å². The topological polar surface area (TPSA) is 47.0 Å². The van der Waals surface area contributed by atoms with Crippen molar-refractivity contribution in [3.8, 4) is 17.0 Å². The highest BCUT2D eigenvalue weighted by molar-refractivity contribution is 5.73. The van der Waals surface area contributed by atoms with Gasteiger partial charge in [0.25, 0.3) is 0 Å². The van der Waals surface area contributed by atoms with E-state index >= 15 is 0 Å². The fraction of sp³-hybridized carbons (Fsp3) is 0.375. The average Bonchev–Trinajstić information content (AvgIpc) is 2.42. The van der Waals surface area contributed by atoms with E-state index in [1.54, 1.807) is 6.33 Å². The van der Waals surface area contributed by atoms with Crippen molar-refractivity contribution in [1.82, 2.24) is 9.97 Å². The Morgan fingerprint density at radius 1 is 1.20 bits per heavy atom. The molecule has 1 aromatic heterocycles. The molecule has 1 N–H and O–H groups in total. The van der Waals surface area contributed by atoms with Gasteiger partial charge in [0, 0.05) is 17.7 Å². The summed E-state index contributed by atoms with van der Waals surface area (Å²) in [7, 11) is 0. The highest BCUT2D eigenvalue weighted by Crippen LogP contribution is 2.32. The first-order valence-corrected chi connectivity index (χ1v) is 6.95. The van der Waals surface area contributed by atoms with Gasteiger partial charge in [0.05, 0.1) is 11.8 Å². The first-order valence-electron chi connectivity index (χ1n) is 6.95. The third kappa shape index (κ3) is 3.07. The number of anilines is 1. The van der Waals surface area contributed by atoms with Gasteiger partial charge in [0.15, 0.2) is 0 Å². The molecule has 2 aromatic rings. The molecule has 0 saturated carbocycles. The quantitative estimate of drug-likeness (QED) is 0.901. The molecular weight excluding hydrogens is 250 g/mol. The number of para-hydroxylation sites is 1. The Labute approximate surface area is 120 Å². The molecule has 0 bridgehead atoms. The summed E-state index contributed by atoms with van der Waals surface area (Å²) >= 11 is 0. The highest BCUT2D eigenvalue weighted by atomic mass is 16.5. The van der Waals surface area contributed by atoms with Crippen LogP contribution >= 0.6 is 0 Å². The lowest BCUT2D eigenvalue weighted by atomic mass is 10.1. The maximum absolute atomic E-state index is 5.87. The number of nitrogens with zero attached hydrogens (tertiary/aromatic N) is 2. The van der Waals surface area contributed by atoms with Crippen LogP contribution < -0.4 is 10.1 Å². The van der Waals surface area contributed by atoms with Crippen LogP contribution in [0.3, 0.4) is 0 Å². The molecule has 1 aromatic carbocycles. The van der Waals surface area contributed by atoms with E-state index in [4.69, 9.17) is 4.74 Å². The zero-order valence-electron chi connectivity index (χ0n) is 12.5. The molecule has 0 amide bonds. The number of hydrogen-bond acceptors (Lipinski definition) is 4. The van der Waals surface area contributed by atoms with E-state index in [0.717, 1.165) is 34.9 Å². The predicted molar refractivity (Wildman–Crippen MR) is 82.1 cm³/mol. The first kappa shape index (κ1) is 14.3. The van der Waals surface area contributed by atoms with Crippen molar-refractivity contribution in [2.24, 2.45) is 0 Å². The van der Waals surface area contributed by atoms with Gasteiger partial charge in [-0.2, -0.15) is 0 Å². The van der Waals surface area contributed by atoms with Crippen molar-refractivity contribution in [2.75, 3.05) is 11.9 Å². The highest BCUT2D eigenvalue weighted by Gasteiger charge is 2.13. The summed E-state index contributed by atoms with van der Waals surface area (Å²) in [5.41, 5.74) is 2.95. The molecular formula is C16H21N3O. The van der Waals surface area contributed by atoms with Crippen molar-refractivity contribution in [1.29, 1.82) is 0 Å². The van der Waals surface area contributed by atoms with E-state index in [1.807, 2.05) is 45.0 Å². The number of hydrogen-bond donors (Lipinski definition) is 1. The first-order chi connectivity index (χ1) is 9.63. The van der Waals surface area contributed by atoms with Crippen LogP contribution in [0.25, 0.3) is 11.3 Å². The summed E-state index contributed by atoms with van der Waals surface area (Å²) in [6.45, 7) is 8.96. The molecule has 106 valence electrons. The molecule has 4 heteroatoms. The third-order valence-corrected chi connectivity index (χ3v) is 2.93. The Balaban J connectivity index is 2.49. The Bertz CT molecular complexity index is 582. The van der Waals surface area contributed by atoms with Gasteiger partial charge in [0.2, 0.25) is 0 Å². The zero-order chi connectivity index (χ0) is 14.5.